The molecule has 0 spiro atoms. The molecule has 0 fully saturated rings. The molecule has 0 bridgehead atoms. The number of phenols is 1. The Morgan fingerprint density at radius 1 is 0.704 bits per heavy atom. The molecule has 0 aromatic heterocycles. The Kier molecular flexibility index (Phi) is 4.91. The van der Waals surface area contributed by atoms with Crippen LogP contribution in [-0.4, -0.2) is 5.11 Å². The fourth-order valence-electron chi connectivity index (χ4n) is 3.69. The third-order valence-corrected chi connectivity index (χ3v) is 7.34. The van der Waals surface area contributed by atoms with Gasteiger partial charge < -0.3 is 5.11 Å². The fraction of sp³-hybridized carbons (Fsp3) is 0.120. The lowest BCUT2D eigenvalue weighted by molar-refractivity contribution is 0.453. The number of hydrogen-bond donors (Lipinski definition) is 2. The van der Waals surface area contributed by atoms with Crippen LogP contribution in [0.4, 0.5) is 0 Å². The first kappa shape index (κ1) is 17.7. The zero-order valence-corrected chi connectivity index (χ0v) is 16.5. The number of phenolic OH excluding ortho intramolecular Hbond substituents is 1. The van der Waals surface area contributed by atoms with Gasteiger partial charge in [-0.1, -0.05) is 74.5 Å². The Morgan fingerprint density at radius 2 is 1.22 bits per heavy atom. The Morgan fingerprint density at radius 3 is 1.78 bits per heavy atom. The van der Waals surface area contributed by atoms with Crippen LogP contribution in [-0.2, 0) is 0 Å². The summed E-state index contributed by atoms with van der Waals surface area (Å²) in [6.07, 6.45) is 0. The number of benzene rings is 4. The maximum absolute atomic E-state index is 11.4. The third kappa shape index (κ3) is 3.33. The molecule has 0 amide bonds. The molecule has 0 saturated heterocycles. The molecule has 1 nitrogen and oxygen atoms in total. The van der Waals surface area contributed by atoms with Crippen LogP contribution in [0.5, 0.6) is 5.75 Å². The summed E-state index contributed by atoms with van der Waals surface area (Å²) in [5.41, 5.74) is 1.04. The minimum Gasteiger partial charge on any atom is -0.507 e. The lowest BCUT2D eigenvalue weighted by Gasteiger charge is -2.27. The summed E-state index contributed by atoms with van der Waals surface area (Å²) < 4.78 is 0. The van der Waals surface area contributed by atoms with E-state index in [0.717, 1.165) is 15.8 Å². The van der Waals surface area contributed by atoms with Crippen molar-refractivity contribution in [2.75, 3.05) is 0 Å². The molecule has 0 aliphatic heterocycles. The van der Waals surface area contributed by atoms with Gasteiger partial charge in [0.25, 0.3) is 0 Å². The van der Waals surface area contributed by atoms with E-state index in [-0.39, 0.29) is 5.92 Å². The molecular weight excluding hydrogens is 348 g/mol. The van der Waals surface area contributed by atoms with Crippen LogP contribution < -0.4 is 0 Å². The Balaban J connectivity index is 2.04. The standard InChI is InChI=1S/C25H24OS/c1-18(2)24-22-16-10-9-11-19(22)17-23(25(24)26)27(20-12-5-3-6-13-20)21-14-7-4-8-15-21/h3-18,26-27H,1-2H3. The van der Waals surface area contributed by atoms with E-state index < -0.39 is 10.9 Å². The second-order valence-corrected chi connectivity index (χ2v) is 9.23. The summed E-state index contributed by atoms with van der Waals surface area (Å²) >= 11 is 0. The van der Waals surface area contributed by atoms with E-state index in [2.05, 4.69) is 86.6 Å². The van der Waals surface area contributed by atoms with E-state index in [1.54, 1.807) is 0 Å². The van der Waals surface area contributed by atoms with Crippen LogP contribution in [0.25, 0.3) is 10.8 Å². The van der Waals surface area contributed by atoms with Gasteiger partial charge in [0.2, 0.25) is 0 Å². The van der Waals surface area contributed by atoms with Crippen molar-refractivity contribution in [2.45, 2.75) is 34.5 Å². The smallest absolute Gasteiger partial charge is 0.132 e. The second kappa shape index (κ2) is 7.50. The predicted octanol–water partition coefficient (Wildman–Crippen LogP) is 7.15. The van der Waals surface area contributed by atoms with Crippen molar-refractivity contribution in [2.24, 2.45) is 0 Å². The molecule has 27 heavy (non-hydrogen) atoms. The Bertz CT molecular complexity index is 1020. The summed E-state index contributed by atoms with van der Waals surface area (Å²) in [6, 6.07) is 31.6. The van der Waals surface area contributed by atoms with E-state index in [4.69, 9.17) is 0 Å². The van der Waals surface area contributed by atoms with Crippen LogP contribution in [0.3, 0.4) is 0 Å². The van der Waals surface area contributed by atoms with Crippen molar-refractivity contribution >= 4 is 21.7 Å². The van der Waals surface area contributed by atoms with Gasteiger partial charge in [0.05, 0.1) is 0 Å². The number of fused-ring (bicyclic) bond motifs is 1. The van der Waals surface area contributed by atoms with Gasteiger partial charge in [0.15, 0.2) is 0 Å². The van der Waals surface area contributed by atoms with Crippen LogP contribution >= 0.6 is 10.9 Å². The van der Waals surface area contributed by atoms with Crippen molar-refractivity contribution in [1.29, 1.82) is 0 Å². The highest BCUT2D eigenvalue weighted by Gasteiger charge is 2.21. The average Bonchev–Trinajstić information content (AvgIpc) is 2.70. The molecule has 1 N–H and O–H groups in total. The minimum atomic E-state index is -0.831. The van der Waals surface area contributed by atoms with E-state index in [1.807, 2.05) is 18.2 Å². The molecule has 0 aliphatic rings. The largest absolute Gasteiger partial charge is 0.507 e. The molecule has 136 valence electrons. The maximum atomic E-state index is 11.4. The molecule has 4 aromatic rings. The number of aromatic hydroxyl groups is 1. The van der Waals surface area contributed by atoms with E-state index in [9.17, 15) is 5.11 Å². The monoisotopic (exact) mass is 372 g/mol. The zero-order chi connectivity index (χ0) is 18.8. The van der Waals surface area contributed by atoms with Crippen molar-refractivity contribution in [3.8, 4) is 5.75 Å². The highest BCUT2D eigenvalue weighted by molar-refractivity contribution is 8.17. The van der Waals surface area contributed by atoms with Crippen LogP contribution in [0.15, 0.2) is 106 Å². The topological polar surface area (TPSA) is 20.2 Å². The highest BCUT2D eigenvalue weighted by atomic mass is 32.2. The van der Waals surface area contributed by atoms with E-state index in [0.29, 0.717) is 5.75 Å². The normalized spacial score (nSPS) is 11.7. The lowest BCUT2D eigenvalue weighted by atomic mass is 9.95. The van der Waals surface area contributed by atoms with Gasteiger partial charge in [0.1, 0.15) is 5.75 Å². The van der Waals surface area contributed by atoms with Gasteiger partial charge in [-0.2, -0.15) is 10.9 Å². The number of rotatable bonds is 4. The number of thiol groups is 1. The summed E-state index contributed by atoms with van der Waals surface area (Å²) in [6.45, 7) is 4.30. The van der Waals surface area contributed by atoms with Crippen molar-refractivity contribution < 1.29 is 5.11 Å². The maximum Gasteiger partial charge on any atom is 0.132 e. The van der Waals surface area contributed by atoms with Crippen LogP contribution in [0.2, 0.25) is 0 Å². The highest BCUT2D eigenvalue weighted by Crippen LogP contribution is 2.56. The first-order valence-electron chi connectivity index (χ1n) is 9.31. The first-order valence-corrected chi connectivity index (χ1v) is 10.7. The summed E-state index contributed by atoms with van der Waals surface area (Å²) in [5, 5.41) is 13.7. The molecule has 0 atom stereocenters. The number of hydrogen-bond acceptors (Lipinski definition) is 1. The molecule has 0 unspecified atom stereocenters. The van der Waals surface area contributed by atoms with Gasteiger partial charge in [-0.05, 0) is 56.8 Å². The predicted molar refractivity (Wildman–Crippen MR) is 116 cm³/mol. The fourth-order valence-corrected chi connectivity index (χ4v) is 6.08. The third-order valence-electron chi connectivity index (χ3n) is 4.89. The zero-order valence-electron chi connectivity index (χ0n) is 15.6. The summed E-state index contributed by atoms with van der Waals surface area (Å²) in [4.78, 5) is 3.53. The molecule has 2 heteroatoms. The van der Waals surface area contributed by atoms with Crippen molar-refractivity contribution in [3.05, 3.63) is 96.6 Å². The molecule has 4 aromatic carbocycles. The quantitative estimate of drug-likeness (QED) is 0.365. The van der Waals surface area contributed by atoms with Gasteiger partial charge in [-0.15, -0.1) is 0 Å². The van der Waals surface area contributed by atoms with E-state index >= 15 is 0 Å². The first-order chi connectivity index (χ1) is 13.2. The Labute approximate surface area is 163 Å². The Hall–Kier alpha value is -2.71. The molecule has 4 rings (SSSR count). The minimum absolute atomic E-state index is 0.248. The van der Waals surface area contributed by atoms with Gasteiger partial charge in [-0.25, -0.2) is 0 Å². The molecule has 0 aliphatic carbocycles. The molecule has 0 saturated carbocycles. The molecule has 0 radical (unpaired) electrons. The molecule has 0 heterocycles. The second-order valence-electron chi connectivity index (χ2n) is 7.04. The molecular formula is C25H24OS. The summed E-state index contributed by atoms with van der Waals surface area (Å²) in [7, 11) is -0.831. The average molecular weight is 373 g/mol. The van der Waals surface area contributed by atoms with Crippen LogP contribution in [0, 0.1) is 0 Å². The van der Waals surface area contributed by atoms with Crippen molar-refractivity contribution in [1.82, 2.24) is 0 Å². The van der Waals surface area contributed by atoms with Crippen LogP contribution in [0.1, 0.15) is 25.3 Å². The van der Waals surface area contributed by atoms with Crippen molar-refractivity contribution in [3.63, 3.8) is 0 Å². The SMILES string of the molecule is CC(C)c1c(O)c([SH](c2ccccc2)c2ccccc2)cc2ccccc12. The van der Waals surface area contributed by atoms with Gasteiger partial charge in [0, 0.05) is 10.5 Å². The van der Waals surface area contributed by atoms with Gasteiger partial charge in [-0.3, -0.25) is 0 Å². The van der Waals surface area contributed by atoms with Gasteiger partial charge >= 0.3 is 0 Å². The lowest BCUT2D eigenvalue weighted by Crippen LogP contribution is -1.96. The summed E-state index contributed by atoms with van der Waals surface area (Å²) in [5.74, 6) is 0.695. The van der Waals surface area contributed by atoms with E-state index in [1.165, 1.54) is 15.2 Å².